The van der Waals surface area contributed by atoms with Crippen LogP contribution in [0.15, 0.2) is 29.0 Å². The summed E-state index contributed by atoms with van der Waals surface area (Å²) in [6.07, 6.45) is 4.30. The van der Waals surface area contributed by atoms with Crippen LogP contribution in [0.1, 0.15) is 18.7 Å². The van der Waals surface area contributed by atoms with E-state index < -0.39 is 0 Å². The Hall–Kier alpha value is -2.81. The molecule has 1 saturated heterocycles. The van der Waals surface area contributed by atoms with Gasteiger partial charge in [-0.1, -0.05) is 5.16 Å². The minimum absolute atomic E-state index is 0.00832. The fourth-order valence-corrected chi connectivity index (χ4v) is 3.18. The van der Waals surface area contributed by atoms with Gasteiger partial charge >= 0.3 is 0 Å². The molecule has 0 aliphatic carbocycles. The van der Waals surface area contributed by atoms with E-state index in [2.05, 4.69) is 15.1 Å². The van der Waals surface area contributed by atoms with Gasteiger partial charge in [0.15, 0.2) is 0 Å². The van der Waals surface area contributed by atoms with E-state index in [1.165, 1.54) is 0 Å². The normalized spacial score (nSPS) is 17.2. The predicted octanol–water partition coefficient (Wildman–Crippen LogP) is 0.890. The van der Waals surface area contributed by atoms with Gasteiger partial charge in [0.05, 0.1) is 12.5 Å². The van der Waals surface area contributed by atoms with Gasteiger partial charge in [0.25, 0.3) is 0 Å². The van der Waals surface area contributed by atoms with Crippen molar-refractivity contribution >= 4 is 11.8 Å². The van der Waals surface area contributed by atoms with E-state index >= 15 is 0 Å². The first-order valence-corrected chi connectivity index (χ1v) is 9.34. The van der Waals surface area contributed by atoms with Gasteiger partial charge in [0.2, 0.25) is 23.5 Å². The fraction of sp³-hybridized carbons (Fsp3) is 0.526. The van der Waals surface area contributed by atoms with Crippen LogP contribution in [-0.2, 0) is 16.1 Å². The molecular weight excluding hydrogens is 360 g/mol. The number of hydrogen-bond donors (Lipinski definition) is 0. The van der Waals surface area contributed by atoms with Crippen molar-refractivity contribution in [2.24, 2.45) is 5.92 Å². The Morgan fingerprint density at radius 1 is 1.29 bits per heavy atom. The van der Waals surface area contributed by atoms with E-state index in [1.807, 2.05) is 19.0 Å². The molecule has 2 amide bonds. The van der Waals surface area contributed by atoms with Crippen molar-refractivity contribution in [3.8, 4) is 11.4 Å². The number of rotatable bonds is 7. The number of likely N-dealkylation sites (tertiary alicyclic amines) is 1. The van der Waals surface area contributed by atoms with Crippen LogP contribution in [0.4, 0.5) is 0 Å². The zero-order chi connectivity index (χ0) is 20.1. The van der Waals surface area contributed by atoms with E-state index in [9.17, 15) is 9.59 Å². The van der Waals surface area contributed by atoms with Gasteiger partial charge in [-0.2, -0.15) is 4.98 Å². The molecule has 9 heteroatoms. The number of hydrogen-bond acceptors (Lipinski definition) is 7. The number of carbonyl (C=O) groups excluding carboxylic acids is 2. The third-order valence-electron chi connectivity index (χ3n) is 4.82. The summed E-state index contributed by atoms with van der Waals surface area (Å²) in [4.78, 5) is 38.7. The van der Waals surface area contributed by atoms with Crippen molar-refractivity contribution in [3.05, 3.63) is 30.4 Å². The number of likely N-dealkylation sites (N-methyl/N-ethyl adjacent to an activating group) is 1. The van der Waals surface area contributed by atoms with Crippen molar-refractivity contribution in [2.45, 2.75) is 19.4 Å². The second-order valence-corrected chi connectivity index (χ2v) is 7.32. The van der Waals surface area contributed by atoms with Crippen LogP contribution in [0, 0.1) is 5.92 Å². The Morgan fingerprint density at radius 2 is 2.04 bits per heavy atom. The molecule has 2 aromatic heterocycles. The summed E-state index contributed by atoms with van der Waals surface area (Å²) < 4.78 is 5.28. The molecule has 0 radical (unpaired) electrons. The molecule has 1 aliphatic heterocycles. The van der Waals surface area contributed by atoms with Crippen LogP contribution in [0.5, 0.6) is 0 Å². The fourth-order valence-electron chi connectivity index (χ4n) is 3.18. The average molecular weight is 386 g/mol. The topological polar surface area (TPSA) is 95.7 Å². The molecule has 150 valence electrons. The maximum Gasteiger partial charge on any atom is 0.246 e. The first-order chi connectivity index (χ1) is 13.4. The van der Waals surface area contributed by atoms with E-state index in [0.717, 1.165) is 12.1 Å². The van der Waals surface area contributed by atoms with E-state index in [1.54, 1.807) is 41.4 Å². The highest BCUT2D eigenvalue weighted by Crippen LogP contribution is 2.21. The number of amides is 2. The van der Waals surface area contributed by atoms with Gasteiger partial charge in [-0.25, -0.2) is 0 Å². The minimum Gasteiger partial charge on any atom is -0.341 e. The highest BCUT2D eigenvalue weighted by molar-refractivity contribution is 5.83. The van der Waals surface area contributed by atoms with Gasteiger partial charge in [-0.3, -0.25) is 14.6 Å². The monoisotopic (exact) mass is 386 g/mol. The highest BCUT2D eigenvalue weighted by Gasteiger charge is 2.32. The number of pyridine rings is 1. The van der Waals surface area contributed by atoms with Crippen molar-refractivity contribution in [3.63, 3.8) is 0 Å². The largest absolute Gasteiger partial charge is 0.341 e. The molecule has 1 unspecified atom stereocenters. The zero-order valence-corrected chi connectivity index (χ0v) is 16.5. The smallest absolute Gasteiger partial charge is 0.246 e. The molecule has 3 heterocycles. The molecule has 1 aliphatic rings. The summed E-state index contributed by atoms with van der Waals surface area (Å²) in [5, 5.41) is 3.96. The maximum absolute atomic E-state index is 12.8. The SMILES string of the molecule is CN(C)CCN1CC(C(=O)N(C)Cc2nc(-c3ccncc3)no2)CCC1=O. The van der Waals surface area contributed by atoms with E-state index in [-0.39, 0.29) is 24.3 Å². The first kappa shape index (κ1) is 19.9. The lowest BCUT2D eigenvalue weighted by Crippen LogP contribution is -2.47. The summed E-state index contributed by atoms with van der Waals surface area (Å²) in [7, 11) is 5.66. The minimum atomic E-state index is -0.201. The Labute approximate surface area is 164 Å². The summed E-state index contributed by atoms with van der Waals surface area (Å²) in [6, 6.07) is 3.59. The van der Waals surface area contributed by atoms with Crippen molar-refractivity contribution in [2.75, 3.05) is 40.8 Å². The van der Waals surface area contributed by atoms with Gasteiger partial charge in [-0.15, -0.1) is 0 Å². The Balaban J connectivity index is 1.58. The molecule has 2 aromatic rings. The molecule has 0 saturated carbocycles. The number of nitrogens with zero attached hydrogens (tertiary/aromatic N) is 6. The van der Waals surface area contributed by atoms with Gasteiger partial charge in [-0.05, 0) is 32.6 Å². The third kappa shape index (κ3) is 4.92. The van der Waals surface area contributed by atoms with Crippen LogP contribution in [0.3, 0.4) is 0 Å². The lowest BCUT2D eigenvalue weighted by atomic mass is 9.96. The second-order valence-electron chi connectivity index (χ2n) is 7.32. The molecule has 0 bridgehead atoms. The number of piperidine rings is 1. The molecule has 1 fully saturated rings. The molecule has 0 aromatic carbocycles. The van der Waals surface area contributed by atoms with Crippen LogP contribution in [-0.4, -0.2) is 82.4 Å². The standard InChI is InChI=1S/C19H26N6O3/c1-23(2)10-11-25-12-15(4-5-17(25)26)19(27)24(3)13-16-21-18(22-28-16)14-6-8-20-9-7-14/h6-9,15H,4-5,10-13H2,1-3H3. The van der Waals surface area contributed by atoms with Crippen molar-refractivity contribution in [1.82, 2.24) is 29.8 Å². The molecule has 3 rings (SSSR count). The Kier molecular flexibility index (Phi) is 6.35. The van der Waals surface area contributed by atoms with E-state index in [0.29, 0.717) is 37.6 Å². The number of carbonyl (C=O) groups is 2. The Morgan fingerprint density at radius 3 is 2.75 bits per heavy atom. The molecule has 0 spiro atoms. The molecular formula is C19H26N6O3. The Bertz CT molecular complexity index is 807. The third-order valence-corrected chi connectivity index (χ3v) is 4.82. The van der Waals surface area contributed by atoms with Crippen LogP contribution >= 0.6 is 0 Å². The lowest BCUT2D eigenvalue weighted by molar-refractivity contribution is -0.142. The summed E-state index contributed by atoms with van der Waals surface area (Å²) in [5.41, 5.74) is 0.807. The van der Waals surface area contributed by atoms with Gasteiger partial charge in [0.1, 0.15) is 0 Å². The summed E-state index contributed by atoms with van der Waals surface area (Å²) >= 11 is 0. The zero-order valence-electron chi connectivity index (χ0n) is 16.5. The molecule has 0 N–H and O–H groups in total. The van der Waals surface area contributed by atoms with Crippen LogP contribution < -0.4 is 0 Å². The van der Waals surface area contributed by atoms with Crippen molar-refractivity contribution in [1.29, 1.82) is 0 Å². The van der Waals surface area contributed by atoms with Crippen LogP contribution in [0.25, 0.3) is 11.4 Å². The first-order valence-electron chi connectivity index (χ1n) is 9.34. The van der Waals surface area contributed by atoms with E-state index in [4.69, 9.17) is 4.52 Å². The highest BCUT2D eigenvalue weighted by atomic mass is 16.5. The lowest BCUT2D eigenvalue weighted by Gasteiger charge is -2.34. The summed E-state index contributed by atoms with van der Waals surface area (Å²) in [5.74, 6) is 0.751. The average Bonchev–Trinajstić information content (AvgIpc) is 3.16. The molecule has 1 atom stereocenters. The quantitative estimate of drug-likeness (QED) is 0.697. The van der Waals surface area contributed by atoms with Gasteiger partial charge in [0, 0.05) is 51.1 Å². The maximum atomic E-state index is 12.8. The number of aromatic nitrogens is 3. The van der Waals surface area contributed by atoms with Gasteiger partial charge < -0.3 is 19.2 Å². The molecule has 28 heavy (non-hydrogen) atoms. The predicted molar refractivity (Wildman–Crippen MR) is 102 cm³/mol. The van der Waals surface area contributed by atoms with Crippen molar-refractivity contribution < 1.29 is 14.1 Å². The summed E-state index contributed by atoms with van der Waals surface area (Å²) in [6.45, 7) is 2.11. The molecule has 9 nitrogen and oxygen atoms in total. The second kappa shape index (κ2) is 8.92. The van der Waals surface area contributed by atoms with Crippen LogP contribution in [0.2, 0.25) is 0 Å².